The number of carbonyl (C=O) groups excluding carboxylic acids is 3. The average molecular weight is 575 g/mol. The standard InChI is InChI=1S/C35H27ClN2O4/c1-2-42-28-18-10-6-14-24(28)31(39)29-30(32(40)23-13-5-8-16-26(23)36)38-20-19-21-11-3-4-12-22(21)33(38)35(29)25-15-7-9-17-27(25)37-34(35)41/h3-20,29-30,33H,2H2,1H3,(H,37,41)/t29-,30-,33-,35-/m1/s1. The minimum Gasteiger partial charge on any atom is -0.493 e. The third-order valence-electron chi connectivity index (χ3n) is 8.71. The van der Waals surface area contributed by atoms with Crippen molar-refractivity contribution in [1.29, 1.82) is 0 Å². The van der Waals surface area contributed by atoms with Gasteiger partial charge in [0.05, 0.1) is 29.2 Å². The van der Waals surface area contributed by atoms with Crippen LogP contribution < -0.4 is 10.1 Å². The first-order valence-corrected chi connectivity index (χ1v) is 14.4. The third kappa shape index (κ3) is 3.61. The van der Waals surface area contributed by atoms with E-state index in [4.69, 9.17) is 16.3 Å². The fourth-order valence-electron chi connectivity index (χ4n) is 7.11. The Labute approximate surface area is 248 Å². The molecular formula is C35H27ClN2O4. The number of para-hydroxylation sites is 2. The molecular weight excluding hydrogens is 548 g/mol. The van der Waals surface area contributed by atoms with Crippen LogP contribution in [0.5, 0.6) is 5.75 Å². The number of Topliss-reactive ketones (excluding diaryl/α,β-unsaturated/α-hetero) is 2. The van der Waals surface area contributed by atoms with Crippen molar-refractivity contribution in [3.05, 3.63) is 136 Å². The molecule has 7 rings (SSSR count). The highest BCUT2D eigenvalue weighted by molar-refractivity contribution is 6.34. The first-order chi connectivity index (χ1) is 20.5. The van der Waals surface area contributed by atoms with E-state index >= 15 is 4.79 Å². The highest BCUT2D eigenvalue weighted by Crippen LogP contribution is 2.62. The molecule has 1 saturated heterocycles. The van der Waals surface area contributed by atoms with E-state index in [1.165, 1.54) is 0 Å². The first-order valence-electron chi connectivity index (χ1n) is 14.0. The van der Waals surface area contributed by atoms with E-state index in [1.54, 1.807) is 48.5 Å². The molecule has 0 bridgehead atoms. The largest absolute Gasteiger partial charge is 0.493 e. The van der Waals surface area contributed by atoms with Gasteiger partial charge in [0.2, 0.25) is 5.91 Å². The summed E-state index contributed by atoms with van der Waals surface area (Å²) in [4.78, 5) is 46.2. The monoisotopic (exact) mass is 574 g/mol. The average Bonchev–Trinajstić information content (AvgIpc) is 3.49. The van der Waals surface area contributed by atoms with E-state index in [0.29, 0.717) is 39.8 Å². The van der Waals surface area contributed by atoms with Gasteiger partial charge < -0.3 is 15.0 Å². The van der Waals surface area contributed by atoms with Crippen LogP contribution in [0.2, 0.25) is 5.02 Å². The molecule has 3 aliphatic rings. The molecule has 0 aliphatic carbocycles. The minimum atomic E-state index is -1.42. The fraction of sp³-hybridized carbons (Fsp3) is 0.171. The Kier molecular flexibility index (Phi) is 6.24. The van der Waals surface area contributed by atoms with Gasteiger partial charge in [-0.15, -0.1) is 0 Å². The number of carbonyl (C=O) groups is 3. The zero-order valence-electron chi connectivity index (χ0n) is 22.8. The second-order valence-electron chi connectivity index (χ2n) is 10.7. The van der Waals surface area contributed by atoms with Crippen LogP contribution in [0.15, 0.2) is 103 Å². The van der Waals surface area contributed by atoms with Gasteiger partial charge >= 0.3 is 0 Å². The Morgan fingerprint density at radius 3 is 2.38 bits per heavy atom. The zero-order valence-corrected chi connectivity index (χ0v) is 23.5. The fourth-order valence-corrected chi connectivity index (χ4v) is 7.34. The van der Waals surface area contributed by atoms with Gasteiger partial charge in [0.1, 0.15) is 17.2 Å². The summed E-state index contributed by atoms with van der Waals surface area (Å²) < 4.78 is 5.88. The van der Waals surface area contributed by atoms with Gasteiger partial charge in [-0.2, -0.15) is 0 Å². The summed E-state index contributed by atoms with van der Waals surface area (Å²) in [6.45, 7) is 2.21. The van der Waals surface area contributed by atoms with Crippen molar-refractivity contribution < 1.29 is 19.1 Å². The Morgan fingerprint density at radius 1 is 0.881 bits per heavy atom. The highest BCUT2D eigenvalue weighted by Gasteiger charge is 2.71. The number of rotatable bonds is 6. The molecule has 0 radical (unpaired) electrons. The molecule has 1 N–H and O–H groups in total. The lowest BCUT2D eigenvalue weighted by atomic mass is 9.62. The summed E-state index contributed by atoms with van der Waals surface area (Å²) in [7, 11) is 0. The predicted molar refractivity (Wildman–Crippen MR) is 162 cm³/mol. The molecule has 0 aromatic heterocycles. The van der Waals surface area contributed by atoms with Gasteiger partial charge in [0.25, 0.3) is 0 Å². The number of hydrogen-bond donors (Lipinski definition) is 1. The second kappa shape index (κ2) is 10.00. The summed E-state index contributed by atoms with van der Waals surface area (Å²) in [5.41, 5.74) is 2.34. The van der Waals surface area contributed by atoms with Gasteiger partial charge in [-0.3, -0.25) is 14.4 Å². The number of ketones is 2. The summed E-state index contributed by atoms with van der Waals surface area (Å²) >= 11 is 6.58. The van der Waals surface area contributed by atoms with E-state index < -0.39 is 23.4 Å². The Hall–Kier alpha value is -4.68. The van der Waals surface area contributed by atoms with E-state index in [2.05, 4.69) is 5.32 Å². The lowest BCUT2D eigenvalue weighted by Crippen LogP contribution is -2.49. The van der Waals surface area contributed by atoms with Gasteiger partial charge in [-0.05, 0) is 60.0 Å². The Bertz CT molecular complexity index is 1800. The molecule has 4 atom stereocenters. The van der Waals surface area contributed by atoms with E-state index in [1.807, 2.05) is 72.6 Å². The van der Waals surface area contributed by atoms with Crippen molar-refractivity contribution in [2.75, 3.05) is 11.9 Å². The summed E-state index contributed by atoms with van der Waals surface area (Å²) in [5.74, 6) is -1.66. The lowest BCUT2D eigenvalue weighted by molar-refractivity contribution is -0.122. The van der Waals surface area contributed by atoms with E-state index in [-0.39, 0.29) is 17.5 Å². The number of ether oxygens (including phenoxy) is 1. The van der Waals surface area contributed by atoms with Gasteiger partial charge in [-0.1, -0.05) is 78.3 Å². The molecule has 4 aromatic rings. The molecule has 1 fully saturated rings. The van der Waals surface area contributed by atoms with E-state index in [9.17, 15) is 9.59 Å². The molecule has 208 valence electrons. The number of anilines is 1. The molecule has 1 spiro atoms. The number of hydrogen-bond acceptors (Lipinski definition) is 5. The molecule has 0 saturated carbocycles. The lowest BCUT2D eigenvalue weighted by Gasteiger charge is -2.38. The van der Waals surface area contributed by atoms with Crippen molar-refractivity contribution >= 4 is 40.8 Å². The zero-order chi connectivity index (χ0) is 29.0. The molecule has 3 heterocycles. The number of nitrogens with zero attached hydrogens (tertiary/aromatic N) is 1. The summed E-state index contributed by atoms with van der Waals surface area (Å²) in [5, 5.41) is 3.36. The maximum Gasteiger partial charge on any atom is 0.238 e. The van der Waals surface area contributed by atoms with Crippen molar-refractivity contribution in [2.45, 2.75) is 24.4 Å². The van der Waals surface area contributed by atoms with Crippen molar-refractivity contribution in [1.82, 2.24) is 4.90 Å². The summed E-state index contributed by atoms with van der Waals surface area (Å²) in [6.07, 6.45) is 3.79. The number of benzene rings is 4. The van der Waals surface area contributed by atoms with Crippen LogP contribution in [0.1, 0.15) is 50.4 Å². The molecule has 0 unspecified atom stereocenters. The maximum absolute atomic E-state index is 15.0. The molecule has 6 nitrogen and oxygen atoms in total. The molecule has 7 heteroatoms. The Balaban J connectivity index is 1.55. The minimum absolute atomic E-state index is 0.290. The molecule has 4 aromatic carbocycles. The topological polar surface area (TPSA) is 75.7 Å². The molecule has 3 aliphatic heterocycles. The number of amides is 1. The van der Waals surface area contributed by atoms with Gasteiger partial charge in [-0.25, -0.2) is 0 Å². The SMILES string of the molecule is CCOc1ccccc1C(=O)[C@H]1[C@H](C(=O)c2ccccc2Cl)N2C=Cc3ccccc3[C@@H]2[C@]12C(=O)Nc1ccccc12. The van der Waals surface area contributed by atoms with Crippen LogP contribution in [-0.2, 0) is 10.2 Å². The predicted octanol–water partition coefficient (Wildman–Crippen LogP) is 6.72. The quantitative estimate of drug-likeness (QED) is 0.259. The Morgan fingerprint density at radius 2 is 1.57 bits per heavy atom. The first kappa shape index (κ1) is 26.2. The van der Waals surface area contributed by atoms with Gasteiger partial charge in [0, 0.05) is 17.5 Å². The van der Waals surface area contributed by atoms with Crippen molar-refractivity contribution in [2.24, 2.45) is 5.92 Å². The molecule has 1 amide bonds. The summed E-state index contributed by atoms with van der Waals surface area (Å²) in [6, 6.07) is 27.5. The number of halogens is 1. The third-order valence-corrected chi connectivity index (χ3v) is 9.04. The van der Waals surface area contributed by atoms with Crippen molar-refractivity contribution in [3.63, 3.8) is 0 Å². The number of nitrogens with one attached hydrogen (secondary N) is 1. The van der Waals surface area contributed by atoms with Crippen LogP contribution >= 0.6 is 11.6 Å². The second-order valence-corrected chi connectivity index (χ2v) is 11.1. The van der Waals surface area contributed by atoms with Crippen LogP contribution in [-0.4, -0.2) is 35.0 Å². The normalized spacial score (nSPS) is 23.2. The highest BCUT2D eigenvalue weighted by atomic mass is 35.5. The maximum atomic E-state index is 15.0. The van der Waals surface area contributed by atoms with Crippen LogP contribution in [0, 0.1) is 5.92 Å². The van der Waals surface area contributed by atoms with Gasteiger partial charge in [0.15, 0.2) is 11.6 Å². The van der Waals surface area contributed by atoms with Crippen LogP contribution in [0.3, 0.4) is 0 Å². The molecule has 42 heavy (non-hydrogen) atoms. The van der Waals surface area contributed by atoms with Crippen LogP contribution in [0.4, 0.5) is 5.69 Å². The number of fused-ring (bicyclic) bond motifs is 6. The van der Waals surface area contributed by atoms with Crippen molar-refractivity contribution in [3.8, 4) is 5.75 Å². The smallest absolute Gasteiger partial charge is 0.238 e. The van der Waals surface area contributed by atoms with E-state index in [0.717, 1.165) is 11.1 Å². The van der Waals surface area contributed by atoms with Crippen LogP contribution in [0.25, 0.3) is 6.08 Å².